The molecule has 0 aromatic carbocycles. The Morgan fingerprint density at radius 1 is 1.74 bits per heavy atom. The quantitative estimate of drug-likeness (QED) is 0.611. The molecule has 2 rings (SSSR count). The number of aromatic amines is 1. The van der Waals surface area contributed by atoms with Crippen LogP contribution in [-0.4, -0.2) is 43.9 Å². The summed E-state index contributed by atoms with van der Waals surface area (Å²) in [5.41, 5.74) is 7.07. The predicted octanol–water partition coefficient (Wildman–Crippen LogP) is -0.902. The zero-order valence-electron chi connectivity index (χ0n) is 10.2. The molecule has 0 fully saturated rings. The number of amides is 1. The standard InChI is InChI=1S/C12H14N4O3/c1-2-3-7(13)11(17)16-5-9-8(14-6-15-9)4-10(16)12(18)19/h1,6-7,10H,3-5,13H2,(H,14,15)(H,18,19). The SMILES string of the molecule is C#CCC(N)C(=O)N1Cc2[nH]cnc2CC1C(=O)O. The summed E-state index contributed by atoms with van der Waals surface area (Å²) in [5.74, 6) is 0.778. The molecule has 2 atom stereocenters. The number of hydrogen-bond donors (Lipinski definition) is 3. The number of carboxylic acids is 1. The van der Waals surface area contributed by atoms with Crippen LogP contribution in [0.1, 0.15) is 17.8 Å². The lowest BCUT2D eigenvalue weighted by Gasteiger charge is -2.33. The second kappa shape index (κ2) is 5.12. The molecule has 0 aliphatic carbocycles. The van der Waals surface area contributed by atoms with Gasteiger partial charge in [-0.05, 0) is 0 Å². The first kappa shape index (κ1) is 13.1. The van der Waals surface area contributed by atoms with Crippen LogP contribution in [0.15, 0.2) is 6.33 Å². The minimum atomic E-state index is -1.07. The number of hydrogen-bond acceptors (Lipinski definition) is 4. The Hall–Kier alpha value is -2.33. The van der Waals surface area contributed by atoms with Gasteiger partial charge in [-0.1, -0.05) is 0 Å². The van der Waals surface area contributed by atoms with Gasteiger partial charge in [0.1, 0.15) is 6.04 Å². The smallest absolute Gasteiger partial charge is 0.326 e. The molecule has 2 heterocycles. The average Bonchev–Trinajstić information content (AvgIpc) is 2.83. The van der Waals surface area contributed by atoms with Gasteiger partial charge in [-0.3, -0.25) is 4.79 Å². The summed E-state index contributed by atoms with van der Waals surface area (Å²) in [7, 11) is 0. The number of nitrogens with one attached hydrogen (secondary N) is 1. The van der Waals surface area contributed by atoms with E-state index in [2.05, 4.69) is 15.9 Å². The highest BCUT2D eigenvalue weighted by Gasteiger charge is 2.37. The summed E-state index contributed by atoms with van der Waals surface area (Å²) in [4.78, 5) is 31.6. The van der Waals surface area contributed by atoms with Crippen LogP contribution in [0.3, 0.4) is 0 Å². The Morgan fingerprint density at radius 3 is 3.11 bits per heavy atom. The first-order valence-electron chi connectivity index (χ1n) is 5.78. The van der Waals surface area contributed by atoms with Crippen molar-refractivity contribution in [2.24, 2.45) is 5.73 Å². The van der Waals surface area contributed by atoms with E-state index in [0.717, 1.165) is 5.69 Å². The van der Waals surface area contributed by atoms with Crippen LogP contribution in [0.5, 0.6) is 0 Å². The first-order chi connectivity index (χ1) is 9.04. The van der Waals surface area contributed by atoms with Crippen molar-refractivity contribution in [2.75, 3.05) is 0 Å². The van der Waals surface area contributed by atoms with E-state index in [0.29, 0.717) is 5.69 Å². The molecule has 0 saturated carbocycles. The third kappa shape index (κ3) is 2.44. The molecule has 0 saturated heterocycles. The van der Waals surface area contributed by atoms with Crippen molar-refractivity contribution in [3.63, 3.8) is 0 Å². The molecule has 1 aromatic heterocycles. The monoisotopic (exact) mass is 262 g/mol. The second-order valence-electron chi connectivity index (χ2n) is 4.37. The molecular formula is C12H14N4O3. The summed E-state index contributed by atoms with van der Waals surface area (Å²) in [5, 5.41) is 9.22. The van der Waals surface area contributed by atoms with Crippen LogP contribution < -0.4 is 5.73 Å². The van der Waals surface area contributed by atoms with Crippen LogP contribution in [0.4, 0.5) is 0 Å². The molecule has 0 spiro atoms. The van der Waals surface area contributed by atoms with E-state index < -0.39 is 24.0 Å². The fourth-order valence-corrected chi connectivity index (χ4v) is 2.12. The van der Waals surface area contributed by atoms with Gasteiger partial charge in [0.2, 0.25) is 5.91 Å². The number of carbonyl (C=O) groups is 2. The van der Waals surface area contributed by atoms with Gasteiger partial charge >= 0.3 is 5.97 Å². The summed E-state index contributed by atoms with van der Waals surface area (Å²) in [6, 6.07) is -1.83. The van der Waals surface area contributed by atoms with Crippen LogP contribution in [-0.2, 0) is 22.6 Å². The molecule has 100 valence electrons. The van der Waals surface area contributed by atoms with Gasteiger partial charge in [0.25, 0.3) is 0 Å². The van der Waals surface area contributed by atoms with Gasteiger partial charge in [-0.25, -0.2) is 9.78 Å². The maximum atomic E-state index is 12.1. The Morgan fingerprint density at radius 2 is 2.47 bits per heavy atom. The van der Waals surface area contributed by atoms with Crippen LogP contribution >= 0.6 is 0 Å². The maximum Gasteiger partial charge on any atom is 0.326 e. The molecule has 7 heteroatoms. The fraction of sp³-hybridized carbons (Fsp3) is 0.417. The molecule has 1 aromatic rings. The van der Waals surface area contributed by atoms with E-state index in [1.165, 1.54) is 11.2 Å². The number of carboxylic acid groups (broad SMARTS) is 1. The minimum Gasteiger partial charge on any atom is -0.480 e. The third-order valence-corrected chi connectivity index (χ3v) is 3.12. The molecule has 4 N–H and O–H groups in total. The zero-order chi connectivity index (χ0) is 14.0. The first-order valence-corrected chi connectivity index (χ1v) is 5.78. The lowest BCUT2D eigenvalue weighted by molar-refractivity contribution is -0.152. The van der Waals surface area contributed by atoms with Crippen molar-refractivity contribution in [3.8, 4) is 12.3 Å². The molecule has 0 bridgehead atoms. The highest BCUT2D eigenvalue weighted by molar-refractivity contribution is 5.87. The van der Waals surface area contributed by atoms with E-state index >= 15 is 0 Å². The van der Waals surface area contributed by atoms with Gasteiger partial charge in [0.15, 0.2) is 0 Å². The number of rotatable bonds is 3. The van der Waals surface area contributed by atoms with Gasteiger partial charge in [0, 0.05) is 12.8 Å². The fourth-order valence-electron chi connectivity index (χ4n) is 2.12. The number of terminal acetylenes is 1. The zero-order valence-corrected chi connectivity index (χ0v) is 10.2. The van der Waals surface area contributed by atoms with Crippen molar-refractivity contribution in [3.05, 3.63) is 17.7 Å². The number of imidazole rings is 1. The van der Waals surface area contributed by atoms with Crippen LogP contribution in [0.2, 0.25) is 0 Å². The van der Waals surface area contributed by atoms with Crippen LogP contribution in [0, 0.1) is 12.3 Å². The Balaban J connectivity index is 2.25. The van der Waals surface area contributed by atoms with Crippen molar-refractivity contribution in [1.82, 2.24) is 14.9 Å². The Bertz CT molecular complexity index is 545. The predicted molar refractivity (Wildman–Crippen MR) is 65.7 cm³/mol. The molecule has 1 aliphatic rings. The molecule has 0 radical (unpaired) electrons. The number of H-pyrrole nitrogens is 1. The van der Waals surface area contributed by atoms with E-state index in [-0.39, 0.29) is 19.4 Å². The average molecular weight is 262 g/mol. The molecule has 1 amide bonds. The minimum absolute atomic E-state index is 0.0809. The summed E-state index contributed by atoms with van der Waals surface area (Å²) in [6.07, 6.45) is 6.85. The molecule has 1 aliphatic heterocycles. The molecule has 19 heavy (non-hydrogen) atoms. The van der Waals surface area contributed by atoms with Crippen molar-refractivity contribution in [1.29, 1.82) is 0 Å². The van der Waals surface area contributed by atoms with Crippen molar-refractivity contribution in [2.45, 2.75) is 31.5 Å². The number of carbonyl (C=O) groups excluding carboxylic acids is 1. The highest BCUT2D eigenvalue weighted by Crippen LogP contribution is 2.21. The largest absolute Gasteiger partial charge is 0.480 e. The van der Waals surface area contributed by atoms with Gasteiger partial charge < -0.3 is 20.7 Å². The second-order valence-corrected chi connectivity index (χ2v) is 4.37. The van der Waals surface area contributed by atoms with Crippen molar-refractivity contribution < 1.29 is 14.7 Å². The number of nitrogens with zero attached hydrogens (tertiary/aromatic N) is 2. The van der Waals surface area contributed by atoms with E-state index in [4.69, 9.17) is 12.2 Å². The number of aliphatic carboxylic acids is 1. The molecule has 7 nitrogen and oxygen atoms in total. The third-order valence-electron chi connectivity index (χ3n) is 3.12. The van der Waals surface area contributed by atoms with E-state index in [1.54, 1.807) is 0 Å². The topological polar surface area (TPSA) is 112 Å². The number of aromatic nitrogens is 2. The van der Waals surface area contributed by atoms with Gasteiger partial charge in [-0.15, -0.1) is 12.3 Å². The lowest BCUT2D eigenvalue weighted by Crippen LogP contribution is -2.53. The summed E-state index contributed by atoms with van der Waals surface area (Å²) >= 11 is 0. The Labute approximate surface area is 109 Å². The highest BCUT2D eigenvalue weighted by atomic mass is 16.4. The van der Waals surface area contributed by atoms with E-state index in [1.807, 2.05) is 0 Å². The van der Waals surface area contributed by atoms with Crippen LogP contribution in [0.25, 0.3) is 0 Å². The summed E-state index contributed by atoms with van der Waals surface area (Å²) < 4.78 is 0. The molecular weight excluding hydrogens is 248 g/mol. The van der Waals surface area contributed by atoms with E-state index in [9.17, 15) is 14.7 Å². The van der Waals surface area contributed by atoms with Gasteiger partial charge in [-0.2, -0.15) is 0 Å². The summed E-state index contributed by atoms with van der Waals surface area (Å²) in [6.45, 7) is 0.156. The molecule has 2 unspecified atom stereocenters. The lowest BCUT2D eigenvalue weighted by atomic mass is 10.0. The van der Waals surface area contributed by atoms with Crippen molar-refractivity contribution >= 4 is 11.9 Å². The normalized spacial score (nSPS) is 19.4. The maximum absolute atomic E-state index is 12.1. The number of nitrogens with two attached hydrogens (primary N) is 1. The Kier molecular flexibility index (Phi) is 3.53. The number of fused-ring (bicyclic) bond motifs is 1. The van der Waals surface area contributed by atoms with Gasteiger partial charge in [0.05, 0.1) is 30.3 Å².